The van der Waals surface area contributed by atoms with E-state index < -0.39 is 0 Å². The van der Waals surface area contributed by atoms with Crippen LogP contribution < -0.4 is 10.6 Å². The fraction of sp³-hybridized carbons (Fsp3) is 0.500. The monoisotopic (exact) mass is 226 g/mol. The van der Waals surface area contributed by atoms with E-state index in [9.17, 15) is 4.39 Å². The molecule has 0 radical (unpaired) electrons. The van der Waals surface area contributed by atoms with Gasteiger partial charge in [0.1, 0.15) is 5.82 Å². The summed E-state index contributed by atoms with van der Waals surface area (Å²) in [5, 5.41) is 6.46. The maximum atomic E-state index is 12.8. The summed E-state index contributed by atoms with van der Waals surface area (Å²) >= 11 is 0. The van der Waals surface area contributed by atoms with Crippen LogP contribution in [0.15, 0.2) is 24.3 Å². The van der Waals surface area contributed by atoms with E-state index in [-0.39, 0.29) is 5.82 Å². The van der Waals surface area contributed by atoms with Crippen molar-refractivity contribution in [3.05, 3.63) is 35.6 Å². The van der Waals surface area contributed by atoms with Gasteiger partial charge in [-0.05, 0) is 17.7 Å². The van der Waals surface area contributed by atoms with E-state index in [4.69, 9.17) is 4.74 Å². The van der Waals surface area contributed by atoms with Crippen molar-refractivity contribution < 1.29 is 9.13 Å². The molecule has 0 aliphatic carbocycles. The quantitative estimate of drug-likeness (QED) is 0.652. The van der Waals surface area contributed by atoms with Crippen molar-refractivity contribution in [2.75, 3.05) is 33.4 Å². The molecule has 0 unspecified atom stereocenters. The smallest absolute Gasteiger partial charge is 0.123 e. The number of methoxy groups -OCH3 is 1. The van der Waals surface area contributed by atoms with E-state index in [2.05, 4.69) is 10.6 Å². The maximum absolute atomic E-state index is 12.8. The Morgan fingerprint density at radius 1 is 1.19 bits per heavy atom. The van der Waals surface area contributed by atoms with Gasteiger partial charge in [0.05, 0.1) is 6.61 Å². The number of ether oxygens (including phenoxy) is 1. The van der Waals surface area contributed by atoms with Crippen molar-refractivity contribution in [1.82, 2.24) is 10.6 Å². The molecule has 0 saturated carbocycles. The first-order valence-electron chi connectivity index (χ1n) is 5.48. The number of nitrogens with one attached hydrogen (secondary N) is 2. The van der Waals surface area contributed by atoms with Gasteiger partial charge in [-0.25, -0.2) is 4.39 Å². The lowest BCUT2D eigenvalue weighted by molar-refractivity contribution is 0.199. The Bertz CT molecular complexity index is 294. The molecule has 0 saturated heterocycles. The minimum atomic E-state index is -0.183. The molecule has 4 heteroatoms. The summed E-state index contributed by atoms with van der Waals surface area (Å²) < 4.78 is 17.7. The highest BCUT2D eigenvalue weighted by Gasteiger charge is 1.94. The SMILES string of the molecule is COCCNCCNCc1cccc(F)c1. The molecule has 0 spiro atoms. The predicted octanol–water partition coefficient (Wildman–Crippen LogP) is 1.15. The van der Waals surface area contributed by atoms with Gasteiger partial charge in [-0.15, -0.1) is 0 Å². The van der Waals surface area contributed by atoms with Gasteiger partial charge in [0.25, 0.3) is 0 Å². The molecule has 90 valence electrons. The zero-order valence-electron chi connectivity index (χ0n) is 9.63. The van der Waals surface area contributed by atoms with E-state index in [0.29, 0.717) is 6.54 Å². The summed E-state index contributed by atoms with van der Waals surface area (Å²) in [6.45, 7) is 4.03. The normalized spacial score (nSPS) is 10.6. The number of rotatable bonds is 8. The van der Waals surface area contributed by atoms with Crippen LogP contribution in [0.25, 0.3) is 0 Å². The highest BCUT2D eigenvalue weighted by atomic mass is 19.1. The number of halogens is 1. The molecule has 2 N–H and O–H groups in total. The topological polar surface area (TPSA) is 33.3 Å². The minimum Gasteiger partial charge on any atom is -0.383 e. The molecule has 3 nitrogen and oxygen atoms in total. The van der Waals surface area contributed by atoms with Gasteiger partial charge >= 0.3 is 0 Å². The van der Waals surface area contributed by atoms with Crippen LogP contribution in [-0.4, -0.2) is 33.4 Å². The van der Waals surface area contributed by atoms with Gasteiger partial charge in [-0.3, -0.25) is 0 Å². The summed E-state index contributed by atoms with van der Waals surface area (Å²) in [6.07, 6.45) is 0. The standard InChI is InChI=1S/C12H19FN2O/c1-16-8-7-14-5-6-15-10-11-3-2-4-12(13)9-11/h2-4,9,14-15H,5-8,10H2,1H3. The van der Waals surface area contributed by atoms with Crippen LogP contribution in [0.2, 0.25) is 0 Å². The molecule has 16 heavy (non-hydrogen) atoms. The maximum Gasteiger partial charge on any atom is 0.123 e. The first kappa shape index (κ1) is 13.1. The van der Waals surface area contributed by atoms with Crippen LogP contribution in [0, 0.1) is 5.82 Å². The first-order valence-corrected chi connectivity index (χ1v) is 5.48. The van der Waals surface area contributed by atoms with Crippen LogP contribution in [0.1, 0.15) is 5.56 Å². The molecule has 1 aromatic rings. The van der Waals surface area contributed by atoms with E-state index in [1.165, 1.54) is 6.07 Å². The van der Waals surface area contributed by atoms with Crippen LogP contribution >= 0.6 is 0 Å². The molecule has 0 heterocycles. The van der Waals surface area contributed by atoms with Gasteiger partial charge in [0.2, 0.25) is 0 Å². The zero-order chi connectivity index (χ0) is 11.6. The number of hydrogen-bond acceptors (Lipinski definition) is 3. The lowest BCUT2D eigenvalue weighted by atomic mass is 10.2. The third kappa shape index (κ3) is 5.80. The Labute approximate surface area is 96.0 Å². The average Bonchev–Trinajstić information content (AvgIpc) is 2.28. The Balaban J connectivity index is 2.03. The van der Waals surface area contributed by atoms with E-state index >= 15 is 0 Å². The number of benzene rings is 1. The Kier molecular flexibility index (Phi) is 6.72. The Hall–Kier alpha value is -0.970. The number of hydrogen-bond donors (Lipinski definition) is 2. The van der Waals surface area contributed by atoms with Crippen molar-refractivity contribution in [3.63, 3.8) is 0 Å². The molecule has 0 amide bonds. The molecular formula is C12H19FN2O. The van der Waals surface area contributed by atoms with Crippen LogP contribution in [0.5, 0.6) is 0 Å². The summed E-state index contributed by atoms with van der Waals surface area (Å²) in [4.78, 5) is 0. The van der Waals surface area contributed by atoms with Gasteiger partial charge in [-0.1, -0.05) is 12.1 Å². The summed E-state index contributed by atoms with van der Waals surface area (Å²) in [6, 6.07) is 6.64. The molecule has 0 fully saturated rings. The fourth-order valence-electron chi connectivity index (χ4n) is 1.36. The average molecular weight is 226 g/mol. The minimum absolute atomic E-state index is 0.183. The molecular weight excluding hydrogens is 207 g/mol. The second-order valence-electron chi connectivity index (χ2n) is 3.55. The molecule has 0 aliphatic heterocycles. The van der Waals surface area contributed by atoms with E-state index in [1.54, 1.807) is 19.2 Å². The molecule has 0 bridgehead atoms. The van der Waals surface area contributed by atoms with E-state index in [0.717, 1.165) is 31.8 Å². The molecule has 1 aromatic carbocycles. The predicted molar refractivity (Wildman–Crippen MR) is 62.9 cm³/mol. The lowest BCUT2D eigenvalue weighted by Gasteiger charge is -2.06. The molecule has 1 rings (SSSR count). The third-order valence-electron chi connectivity index (χ3n) is 2.18. The van der Waals surface area contributed by atoms with Crippen LogP contribution in [0.4, 0.5) is 4.39 Å². The molecule has 0 aliphatic rings. The highest BCUT2D eigenvalue weighted by molar-refractivity contribution is 5.15. The first-order chi connectivity index (χ1) is 7.83. The van der Waals surface area contributed by atoms with Gasteiger partial charge in [0.15, 0.2) is 0 Å². The van der Waals surface area contributed by atoms with E-state index in [1.807, 2.05) is 6.07 Å². The van der Waals surface area contributed by atoms with Gasteiger partial charge < -0.3 is 15.4 Å². The van der Waals surface area contributed by atoms with Crippen LogP contribution in [-0.2, 0) is 11.3 Å². The second-order valence-corrected chi connectivity index (χ2v) is 3.55. The third-order valence-corrected chi connectivity index (χ3v) is 2.18. The summed E-state index contributed by atoms with van der Waals surface area (Å²) in [5.41, 5.74) is 0.969. The van der Waals surface area contributed by atoms with Gasteiger partial charge in [0, 0.05) is 33.3 Å². The highest BCUT2D eigenvalue weighted by Crippen LogP contribution is 2.02. The Morgan fingerprint density at radius 3 is 2.75 bits per heavy atom. The second kappa shape index (κ2) is 8.21. The van der Waals surface area contributed by atoms with Crippen molar-refractivity contribution in [3.8, 4) is 0 Å². The molecule has 0 aromatic heterocycles. The van der Waals surface area contributed by atoms with Crippen molar-refractivity contribution in [2.24, 2.45) is 0 Å². The lowest BCUT2D eigenvalue weighted by Crippen LogP contribution is -2.29. The van der Waals surface area contributed by atoms with Crippen molar-refractivity contribution in [1.29, 1.82) is 0 Å². The van der Waals surface area contributed by atoms with Gasteiger partial charge in [-0.2, -0.15) is 0 Å². The van der Waals surface area contributed by atoms with Crippen LogP contribution in [0.3, 0.4) is 0 Å². The summed E-state index contributed by atoms with van der Waals surface area (Å²) in [7, 11) is 1.68. The molecule has 0 atom stereocenters. The zero-order valence-corrected chi connectivity index (χ0v) is 9.63. The Morgan fingerprint density at radius 2 is 2.00 bits per heavy atom. The largest absolute Gasteiger partial charge is 0.383 e. The summed E-state index contributed by atoms with van der Waals surface area (Å²) in [5.74, 6) is -0.183. The fourth-order valence-corrected chi connectivity index (χ4v) is 1.36. The van der Waals surface area contributed by atoms with Crippen molar-refractivity contribution in [2.45, 2.75) is 6.54 Å². The van der Waals surface area contributed by atoms with Crippen molar-refractivity contribution >= 4 is 0 Å².